The van der Waals surface area contributed by atoms with E-state index in [0.29, 0.717) is 24.3 Å². The normalized spacial score (nSPS) is 11.0. The summed E-state index contributed by atoms with van der Waals surface area (Å²) >= 11 is 0. The monoisotopic (exact) mass is 528 g/mol. The van der Waals surface area contributed by atoms with Crippen LogP contribution in [0.25, 0.3) is 11.6 Å². The van der Waals surface area contributed by atoms with E-state index in [9.17, 15) is 14.0 Å². The number of hydrogen-bond acceptors (Lipinski definition) is 4. The number of carbonyl (C=O) groups is 2. The van der Waals surface area contributed by atoms with Gasteiger partial charge >= 0.3 is 5.97 Å². The van der Waals surface area contributed by atoms with Gasteiger partial charge in [0, 0.05) is 18.6 Å². The summed E-state index contributed by atoms with van der Waals surface area (Å²) in [7, 11) is 0. The van der Waals surface area contributed by atoms with Crippen molar-refractivity contribution < 1.29 is 23.5 Å². The van der Waals surface area contributed by atoms with Gasteiger partial charge in [0.1, 0.15) is 11.6 Å². The van der Waals surface area contributed by atoms with E-state index in [1.165, 1.54) is 35.9 Å². The van der Waals surface area contributed by atoms with Gasteiger partial charge < -0.3 is 9.47 Å². The molecule has 0 saturated heterocycles. The van der Waals surface area contributed by atoms with Gasteiger partial charge in [-0.2, -0.15) is 0 Å². The van der Waals surface area contributed by atoms with Gasteiger partial charge in [0.2, 0.25) is 0 Å². The van der Waals surface area contributed by atoms with Gasteiger partial charge in [-0.1, -0.05) is 80.3 Å². The summed E-state index contributed by atoms with van der Waals surface area (Å²) in [5, 5.41) is 0. The fraction of sp³-hybridized carbons (Fsp3) is 0.294. The third-order valence-corrected chi connectivity index (χ3v) is 6.30. The average Bonchev–Trinajstić information content (AvgIpc) is 2.94. The molecule has 4 nitrogen and oxygen atoms in total. The van der Waals surface area contributed by atoms with E-state index in [-0.39, 0.29) is 17.6 Å². The van der Waals surface area contributed by atoms with Crippen LogP contribution in [0.1, 0.15) is 78.9 Å². The number of benzene rings is 3. The van der Waals surface area contributed by atoms with Gasteiger partial charge in [-0.15, -0.1) is 0 Å². The number of rotatable bonds is 16. The van der Waals surface area contributed by atoms with Crippen LogP contribution >= 0.6 is 0 Å². The molecule has 0 atom stereocenters. The highest BCUT2D eigenvalue weighted by molar-refractivity contribution is 6.06. The third kappa shape index (κ3) is 11.2. The van der Waals surface area contributed by atoms with Crippen molar-refractivity contribution in [1.29, 1.82) is 0 Å². The smallest absolute Gasteiger partial charge is 0.311 e. The maximum atomic E-state index is 13.0. The van der Waals surface area contributed by atoms with Crippen LogP contribution in [0.5, 0.6) is 5.75 Å². The van der Waals surface area contributed by atoms with Crippen LogP contribution in [0, 0.1) is 5.82 Å². The fourth-order valence-electron chi connectivity index (χ4n) is 3.97. The molecule has 3 rings (SSSR count). The number of carbonyl (C=O) groups excluding carboxylic acids is 2. The standard InChI is InChI=1S/C34H37FO4/c1-26(2)29-15-10-28(11-16-29)25-38-24-8-6-4-3-5-7-9-34(37)39-32-21-12-27(13-22-32)14-23-33(36)30-17-19-31(35)20-18-30/h10-23H,1,3-9,24-25H2,2H3. The van der Waals surface area contributed by atoms with E-state index in [4.69, 9.17) is 9.47 Å². The molecule has 0 spiro atoms. The molecule has 0 N–H and O–H groups in total. The lowest BCUT2D eigenvalue weighted by Gasteiger charge is -2.06. The molecule has 0 radical (unpaired) electrons. The Labute approximate surface area is 231 Å². The van der Waals surface area contributed by atoms with Gasteiger partial charge in [0.25, 0.3) is 0 Å². The summed E-state index contributed by atoms with van der Waals surface area (Å²) < 4.78 is 24.2. The van der Waals surface area contributed by atoms with Crippen LogP contribution in [0.15, 0.2) is 85.5 Å². The highest BCUT2D eigenvalue weighted by Gasteiger charge is 2.06. The molecule has 0 aliphatic carbocycles. The minimum Gasteiger partial charge on any atom is -0.427 e. The summed E-state index contributed by atoms with van der Waals surface area (Å²) in [4.78, 5) is 24.3. The molecule has 39 heavy (non-hydrogen) atoms. The lowest BCUT2D eigenvalue weighted by atomic mass is 10.1. The molecular formula is C34H37FO4. The number of esters is 1. The first-order chi connectivity index (χ1) is 18.9. The number of unbranched alkanes of at least 4 members (excludes halogenated alkanes) is 5. The molecule has 0 unspecified atom stereocenters. The summed E-state index contributed by atoms with van der Waals surface area (Å²) in [5.41, 5.74) is 4.62. The van der Waals surface area contributed by atoms with Crippen molar-refractivity contribution >= 4 is 23.4 Å². The average molecular weight is 529 g/mol. The zero-order valence-corrected chi connectivity index (χ0v) is 22.7. The number of ketones is 1. The maximum Gasteiger partial charge on any atom is 0.311 e. The third-order valence-electron chi connectivity index (χ3n) is 6.30. The predicted molar refractivity (Wildman–Crippen MR) is 155 cm³/mol. The van der Waals surface area contributed by atoms with Crippen molar-refractivity contribution in [2.24, 2.45) is 0 Å². The first-order valence-corrected chi connectivity index (χ1v) is 13.5. The highest BCUT2D eigenvalue weighted by Crippen LogP contribution is 2.16. The quantitative estimate of drug-likeness (QED) is 0.0614. The zero-order chi connectivity index (χ0) is 27.9. The number of allylic oxidation sites excluding steroid dienone is 2. The Balaban J connectivity index is 1.21. The summed E-state index contributed by atoms with van der Waals surface area (Å²) in [6.07, 6.45) is 9.68. The van der Waals surface area contributed by atoms with Gasteiger partial charge in [-0.3, -0.25) is 9.59 Å². The molecule has 0 aliphatic rings. The van der Waals surface area contributed by atoms with Crippen LogP contribution in [0.4, 0.5) is 4.39 Å². The van der Waals surface area contributed by atoms with E-state index in [2.05, 4.69) is 30.8 Å². The Kier molecular flexibility index (Phi) is 12.3. The van der Waals surface area contributed by atoms with E-state index in [0.717, 1.165) is 61.8 Å². The predicted octanol–water partition coefficient (Wildman–Crippen LogP) is 8.61. The van der Waals surface area contributed by atoms with E-state index < -0.39 is 0 Å². The summed E-state index contributed by atoms with van der Waals surface area (Å²) in [6.45, 7) is 7.35. The van der Waals surface area contributed by atoms with Crippen LogP contribution < -0.4 is 4.74 Å². The van der Waals surface area contributed by atoms with Crippen molar-refractivity contribution in [2.75, 3.05) is 6.61 Å². The fourth-order valence-corrected chi connectivity index (χ4v) is 3.97. The van der Waals surface area contributed by atoms with Crippen molar-refractivity contribution in [3.63, 3.8) is 0 Å². The molecule has 204 valence electrons. The second-order valence-corrected chi connectivity index (χ2v) is 9.65. The molecule has 0 saturated carbocycles. The Morgan fingerprint density at radius 3 is 2.08 bits per heavy atom. The molecule has 0 fully saturated rings. The molecule has 0 bridgehead atoms. The highest BCUT2D eigenvalue weighted by atomic mass is 19.1. The Bertz CT molecular complexity index is 1230. The number of halogens is 1. The largest absolute Gasteiger partial charge is 0.427 e. The second kappa shape index (κ2) is 16.2. The molecule has 0 aliphatic heterocycles. The molecule has 3 aromatic carbocycles. The second-order valence-electron chi connectivity index (χ2n) is 9.65. The van der Waals surface area contributed by atoms with Crippen molar-refractivity contribution in [3.8, 4) is 5.75 Å². The molecule has 0 amide bonds. The minimum absolute atomic E-state index is 0.209. The summed E-state index contributed by atoms with van der Waals surface area (Å²) in [5.74, 6) is -0.349. The Morgan fingerprint density at radius 2 is 1.41 bits per heavy atom. The van der Waals surface area contributed by atoms with Gasteiger partial charge in [0.15, 0.2) is 5.78 Å². The minimum atomic E-state index is -0.379. The molecule has 0 heterocycles. The van der Waals surface area contributed by atoms with Crippen LogP contribution in [-0.2, 0) is 16.1 Å². The SMILES string of the molecule is C=C(C)c1ccc(COCCCCCCCCC(=O)Oc2ccc(C=CC(=O)c3ccc(F)cc3)cc2)cc1. The lowest BCUT2D eigenvalue weighted by Crippen LogP contribution is -2.07. The topological polar surface area (TPSA) is 52.6 Å². The lowest BCUT2D eigenvalue weighted by molar-refractivity contribution is -0.134. The van der Waals surface area contributed by atoms with Gasteiger partial charge in [0.05, 0.1) is 6.61 Å². The molecular weight excluding hydrogens is 491 g/mol. The van der Waals surface area contributed by atoms with Crippen LogP contribution in [0.3, 0.4) is 0 Å². The van der Waals surface area contributed by atoms with Crippen molar-refractivity contribution in [2.45, 2.75) is 58.5 Å². The van der Waals surface area contributed by atoms with Gasteiger partial charge in [-0.25, -0.2) is 4.39 Å². The molecule has 0 aromatic heterocycles. The maximum absolute atomic E-state index is 13.0. The molecule has 3 aromatic rings. The van der Waals surface area contributed by atoms with E-state index in [1.807, 2.05) is 6.92 Å². The van der Waals surface area contributed by atoms with E-state index >= 15 is 0 Å². The van der Waals surface area contributed by atoms with Crippen molar-refractivity contribution in [3.05, 3.63) is 114 Å². The van der Waals surface area contributed by atoms with E-state index in [1.54, 1.807) is 30.3 Å². The Hall–Kier alpha value is -3.83. The molecule has 5 heteroatoms. The zero-order valence-electron chi connectivity index (χ0n) is 22.7. The number of hydrogen-bond donors (Lipinski definition) is 0. The number of ether oxygens (including phenoxy) is 2. The van der Waals surface area contributed by atoms with Crippen molar-refractivity contribution in [1.82, 2.24) is 0 Å². The van der Waals surface area contributed by atoms with Gasteiger partial charge in [-0.05, 0) is 78.9 Å². The first kappa shape index (κ1) is 29.7. The Morgan fingerprint density at radius 1 is 0.795 bits per heavy atom. The van der Waals surface area contributed by atoms with Crippen LogP contribution in [-0.4, -0.2) is 18.4 Å². The summed E-state index contributed by atoms with van der Waals surface area (Å²) in [6, 6.07) is 20.7. The van der Waals surface area contributed by atoms with Crippen LogP contribution in [0.2, 0.25) is 0 Å². The first-order valence-electron chi connectivity index (χ1n) is 13.5.